The fourth-order valence-corrected chi connectivity index (χ4v) is 2.25. The van der Waals surface area contributed by atoms with Crippen molar-refractivity contribution in [1.29, 1.82) is 0 Å². The van der Waals surface area contributed by atoms with E-state index in [0.29, 0.717) is 13.1 Å². The van der Waals surface area contributed by atoms with Gasteiger partial charge in [0.25, 0.3) is 0 Å². The standard InChI is InChI=1S/C15H16N4O/c1-18-13(6-8-17-18)10-16-15(20)11-19-9-7-12-4-2-3-5-14(12)19/h2-9H,10-11H2,1H3,(H,16,20). The van der Waals surface area contributed by atoms with E-state index in [0.717, 1.165) is 16.6 Å². The molecule has 0 fully saturated rings. The molecule has 0 aliphatic rings. The lowest BCUT2D eigenvalue weighted by atomic mass is 10.2. The molecule has 3 aromatic rings. The van der Waals surface area contributed by atoms with Gasteiger partial charge in [0.05, 0.1) is 12.2 Å². The van der Waals surface area contributed by atoms with Crippen LogP contribution >= 0.6 is 0 Å². The maximum atomic E-state index is 12.0. The average Bonchev–Trinajstić information content (AvgIpc) is 3.04. The Morgan fingerprint density at radius 3 is 2.90 bits per heavy atom. The number of nitrogens with zero attached hydrogens (tertiary/aromatic N) is 3. The van der Waals surface area contributed by atoms with Gasteiger partial charge in [-0.1, -0.05) is 18.2 Å². The number of para-hydroxylation sites is 1. The summed E-state index contributed by atoms with van der Waals surface area (Å²) < 4.78 is 3.71. The Labute approximate surface area is 116 Å². The smallest absolute Gasteiger partial charge is 0.240 e. The number of amides is 1. The van der Waals surface area contributed by atoms with Gasteiger partial charge in [-0.05, 0) is 23.6 Å². The minimum Gasteiger partial charge on any atom is -0.349 e. The van der Waals surface area contributed by atoms with Gasteiger partial charge in [-0.3, -0.25) is 9.48 Å². The van der Waals surface area contributed by atoms with Crippen LogP contribution in [0.4, 0.5) is 0 Å². The first-order valence-electron chi connectivity index (χ1n) is 6.51. The Morgan fingerprint density at radius 2 is 2.10 bits per heavy atom. The van der Waals surface area contributed by atoms with E-state index in [2.05, 4.69) is 10.4 Å². The molecule has 2 heterocycles. The van der Waals surface area contributed by atoms with Crippen molar-refractivity contribution in [3.8, 4) is 0 Å². The largest absolute Gasteiger partial charge is 0.349 e. The Morgan fingerprint density at radius 1 is 1.25 bits per heavy atom. The van der Waals surface area contributed by atoms with Crippen LogP contribution in [0.1, 0.15) is 5.69 Å². The highest BCUT2D eigenvalue weighted by Gasteiger charge is 2.06. The van der Waals surface area contributed by atoms with Crippen molar-refractivity contribution in [1.82, 2.24) is 19.7 Å². The van der Waals surface area contributed by atoms with Gasteiger partial charge in [-0.15, -0.1) is 0 Å². The van der Waals surface area contributed by atoms with Crippen molar-refractivity contribution < 1.29 is 4.79 Å². The highest BCUT2D eigenvalue weighted by atomic mass is 16.1. The number of benzene rings is 1. The quantitative estimate of drug-likeness (QED) is 0.783. The van der Waals surface area contributed by atoms with Gasteiger partial charge in [0.2, 0.25) is 5.91 Å². The maximum Gasteiger partial charge on any atom is 0.240 e. The topological polar surface area (TPSA) is 51.9 Å². The van der Waals surface area contributed by atoms with Gasteiger partial charge >= 0.3 is 0 Å². The van der Waals surface area contributed by atoms with Gasteiger partial charge in [-0.25, -0.2) is 0 Å². The first-order valence-corrected chi connectivity index (χ1v) is 6.51. The highest BCUT2D eigenvalue weighted by Crippen LogP contribution is 2.14. The lowest BCUT2D eigenvalue weighted by Crippen LogP contribution is -2.27. The van der Waals surface area contributed by atoms with E-state index in [1.54, 1.807) is 10.9 Å². The zero-order chi connectivity index (χ0) is 13.9. The molecule has 0 aliphatic heterocycles. The van der Waals surface area contributed by atoms with E-state index in [-0.39, 0.29) is 5.91 Å². The number of rotatable bonds is 4. The second kappa shape index (κ2) is 5.21. The number of carbonyl (C=O) groups excluding carboxylic acids is 1. The van der Waals surface area contributed by atoms with Gasteiger partial charge < -0.3 is 9.88 Å². The Bertz CT molecular complexity index is 741. The summed E-state index contributed by atoms with van der Waals surface area (Å²) in [5.74, 6) is -0.00690. The van der Waals surface area contributed by atoms with Gasteiger partial charge in [0.1, 0.15) is 6.54 Å². The van der Waals surface area contributed by atoms with Crippen LogP contribution in [0.5, 0.6) is 0 Å². The summed E-state index contributed by atoms with van der Waals surface area (Å²) in [4.78, 5) is 12.0. The molecule has 1 amide bonds. The van der Waals surface area contributed by atoms with E-state index in [9.17, 15) is 4.79 Å². The molecule has 0 unspecified atom stereocenters. The molecule has 0 bridgehead atoms. The van der Waals surface area contributed by atoms with Crippen LogP contribution in [0.25, 0.3) is 10.9 Å². The molecular formula is C15H16N4O. The van der Waals surface area contributed by atoms with Gasteiger partial charge in [0.15, 0.2) is 0 Å². The number of aromatic nitrogens is 3. The molecule has 3 rings (SSSR count). The summed E-state index contributed by atoms with van der Waals surface area (Å²) in [6.45, 7) is 0.819. The van der Waals surface area contributed by atoms with Crippen LogP contribution in [-0.4, -0.2) is 20.3 Å². The van der Waals surface area contributed by atoms with Crippen LogP contribution in [0.3, 0.4) is 0 Å². The molecular weight excluding hydrogens is 252 g/mol. The summed E-state index contributed by atoms with van der Waals surface area (Å²) in [6, 6.07) is 11.9. The zero-order valence-electron chi connectivity index (χ0n) is 11.3. The van der Waals surface area contributed by atoms with Crippen LogP contribution in [0, 0.1) is 0 Å². The van der Waals surface area contributed by atoms with E-state index in [4.69, 9.17) is 0 Å². The number of nitrogens with one attached hydrogen (secondary N) is 1. The molecule has 5 heteroatoms. The third kappa shape index (κ3) is 2.42. The molecule has 0 atom stereocenters. The third-order valence-electron chi connectivity index (χ3n) is 3.38. The van der Waals surface area contributed by atoms with Crippen molar-refractivity contribution in [3.63, 3.8) is 0 Å². The first kappa shape index (κ1) is 12.5. The SMILES string of the molecule is Cn1nccc1CNC(=O)Cn1ccc2ccccc21. The summed E-state index contributed by atoms with van der Waals surface area (Å²) in [6.07, 6.45) is 3.66. The predicted octanol–water partition coefficient (Wildman–Crippen LogP) is 1.69. The zero-order valence-corrected chi connectivity index (χ0v) is 11.3. The third-order valence-corrected chi connectivity index (χ3v) is 3.38. The van der Waals surface area contributed by atoms with Crippen LogP contribution < -0.4 is 5.32 Å². The number of hydrogen-bond acceptors (Lipinski definition) is 2. The molecule has 0 spiro atoms. The fourth-order valence-electron chi connectivity index (χ4n) is 2.25. The van der Waals surface area contributed by atoms with Crippen molar-refractivity contribution in [3.05, 3.63) is 54.5 Å². The molecule has 0 radical (unpaired) electrons. The molecule has 2 aromatic heterocycles. The van der Waals surface area contributed by atoms with Crippen LogP contribution in [-0.2, 0) is 24.9 Å². The van der Waals surface area contributed by atoms with Crippen molar-refractivity contribution >= 4 is 16.8 Å². The Kier molecular flexibility index (Phi) is 3.25. The Hall–Kier alpha value is -2.56. The minimum atomic E-state index is -0.00690. The van der Waals surface area contributed by atoms with Gasteiger partial charge in [0, 0.05) is 25.0 Å². The molecule has 1 aromatic carbocycles. The predicted molar refractivity (Wildman–Crippen MR) is 77.0 cm³/mol. The summed E-state index contributed by atoms with van der Waals surface area (Å²) >= 11 is 0. The van der Waals surface area contributed by atoms with Crippen molar-refractivity contribution in [2.45, 2.75) is 13.1 Å². The summed E-state index contributed by atoms with van der Waals surface area (Å²) in [5, 5.41) is 8.12. The van der Waals surface area contributed by atoms with Crippen LogP contribution in [0.2, 0.25) is 0 Å². The lowest BCUT2D eigenvalue weighted by Gasteiger charge is -2.07. The van der Waals surface area contributed by atoms with E-state index < -0.39 is 0 Å². The molecule has 102 valence electrons. The highest BCUT2D eigenvalue weighted by molar-refractivity contribution is 5.83. The molecule has 0 saturated carbocycles. The maximum absolute atomic E-state index is 12.0. The number of aryl methyl sites for hydroxylation is 1. The van der Waals surface area contributed by atoms with Gasteiger partial charge in [-0.2, -0.15) is 5.10 Å². The molecule has 20 heavy (non-hydrogen) atoms. The molecule has 0 saturated heterocycles. The van der Waals surface area contributed by atoms with E-state index in [1.807, 2.05) is 54.2 Å². The molecule has 5 nitrogen and oxygen atoms in total. The average molecular weight is 268 g/mol. The first-order chi connectivity index (χ1) is 9.74. The van der Waals surface area contributed by atoms with E-state index in [1.165, 1.54) is 0 Å². The fraction of sp³-hybridized carbons (Fsp3) is 0.200. The lowest BCUT2D eigenvalue weighted by molar-refractivity contribution is -0.121. The van der Waals surface area contributed by atoms with Crippen molar-refractivity contribution in [2.75, 3.05) is 0 Å². The summed E-state index contributed by atoms with van der Waals surface area (Å²) in [7, 11) is 1.86. The van der Waals surface area contributed by atoms with Crippen LogP contribution in [0.15, 0.2) is 48.8 Å². The monoisotopic (exact) mass is 268 g/mol. The number of fused-ring (bicyclic) bond motifs is 1. The minimum absolute atomic E-state index is 0.00690. The van der Waals surface area contributed by atoms with E-state index >= 15 is 0 Å². The summed E-state index contributed by atoms with van der Waals surface area (Å²) in [5.41, 5.74) is 2.05. The normalized spacial score (nSPS) is 10.8. The molecule has 0 aliphatic carbocycles. The molecule has 1 N–H and O–H groups in total. The second-order valence-electron chi connectivity index (χ2n) is 4.73. The Balaban J connectivity index is 1.66. The van der Waals surface area contributed by atoms with Crippen molar-refractivity contribution in [2.24, 2.45) is 7.05 Å². The second-order valence-corrected chi connectivity index (χ2v) is 4.73. The number of hydrogen-bond donors (Lipinski definition) is 1. The number of carbonyl (C=O) groups is 1.